The van der Waals surface area contributed by atoms with Gasteiger partial charge in [-0.2, -0.15) is 0 Å². The third kappa shape index (κ3) is 4.63. The fraction of sp³-hybridized carbons (Fsp3) is 0.733. The van der Waals surface area contributed by atoms with Gasteiger partial charge in [0.1, 0.15) is 18.0 Å². The van der Waals surface area contributed by atoms with Crippen LogP contribution in [0.5, 0.6) is 0 Å². The smallest absolute Gasteiger partial charge is 0.135 e. The van der Waals surface area contributed by atoms with Crippen LogP contribution in [0.1, 0.15) is 58.9 Å². The van der Waals surface area contributed by atoms with E-state index in [0.717, 1.165) is 30.2 Å². The van der Waals surface area contributed by atoms with Crippen molar-refractivity contribution >= 4 is 11.6 Å². The summed E-state index contributed by atoms with van der Waals surface area (Å²) in [5, 5.41) is 16.7. The first-order valence-electron chi connectivity index (χ1n) is 7.46. The molecule has 3 N–H and O–H groups in total. The fourth-order valence-corrected chi connectivity index (χ4v) is 1.87. The third-order valence-electron chi connectivity index (χ3n) is 3.40. The molecule has 0 aromatic carbocycles. The summed E-state index contributed by atoms with van der Waals surface area (Å²) in [6.45, 7) is 11.5. The molecule has 1 atom stereocenters. The number of aromatic nitrogens is 2. The van der Waals surface area contributed by atoms with E-state index in [9.17, 15) is 5.11 Å². The van der Waals surface area contributed by atoms with Gasteiger partial charge in [-0.25, -0.2) is 9.97 Å². The maximum absolute atomic E-state index is 10.1. The molecule has 0 saturated carbocycles. The summed E-state index contributed by atoms with van der Waals surface area (Å²) >= 11 is 0. The molecule has 0 saturated heterocycles. The molecule has 1 unspecified atom stereocenters. The van der Waals surface area contributed by atoms with Crippen LogP contribution in [0.15, 0.2) is 6.33 Å². The molecule has 0 radical (unpaired) electrons. The zero-order chi connectivity index (χ0) is 15.2. The molecule has 5 heteroatoms. The Morgan fingerprint density at radius 2 is 1.80 bits per heavy atom. The standard InChI is InChI=1S/C15H28N4O/c1-6-8-16-13-12(11(3)4)14(19-10-18-13)17-9-15(5,20)7-2/h10-11,20H,6-9H2,1-5H3,(H2,16,17,18,19). The highest BCUT2D eigenvalue weighted by Crippen LogP contribution is 2.28. The van der Waals surface area contributed by atoms with Gasteiger partial charge in [-0.3, -0.25) is 0 Å². The molecule has 0 fully saturated rings. The predicted octanol–water partition coefficient (Wildman–Crippen LogP) is 2.99. The van der Waals surface area contributed by atoms with E-state index in [1.807, 2.05) is 13.8 Å². The molecular weight excluding hydrogens is 252 g/mol. The molecule has 0 aliphatic rings. The topological polar surface area (TPSA) is 70.1 Å². The lowest BCUT2D eigenvalue weighted by Gasteiger charge is -2.24. The highest BCUT2D eigenvalue weighted by molar-refractivity contribution is 5.59. The maximum atomic E-state index is 10.1. The first-order valence-corrected chi connectivity index (χ1v) is 7.46. The number of nitrogens with zero attached hydrogens (tertiary/aromatic N) is 2. The van der Waals surface area contributed by atoms with Gasteiger partial charge < -0.3 is 15.7 Å². The Morgan fingerprint density at radius 3 is 2.30 bits per heavy atom. The summed E-state index contributed by atoms with van der Waals surface area (Å²) < 4.78 is 0. The lowest BCUT2D eigenvalue weighted by Crippen LogP contribution is -2.33. The first kappa shape index (κ1) is 16.7. The van der Waals surface area contributed by atoms with E-state index in [-0.39, 0.29) is 0 Å². The van der Waals surface area contributed by atoms with Crippen molar-refractivity contribution in [3.63, 3.8) is 0 Å². The van der Waals surface area contributed by atoms with Crippen LogP contribution in [0.4, 0.5) is 11.6 Å². The highest BCUT2D eigenvalue weighted by atomic mass is 16.3. The van der Waals surface area contributed by atoms with E-state index in [0.29, 0.717) is 18.9 Å². The minimum absolute atomic E-state index is 0.310. The van der Waals surface area contributed by atoms with Gasteiger partial charge in [0.05, 0.1) is 5.60 Å². The minimum Gasteiger partial charge on any atom is -0.388 e. The predicted molar refractivity (Wildman–Crippen MR) is 84.3 cm³/mol. The van der Waals surface area contributed by atoms with E-state index < -0.39 is 5.60 Å². The molecule has 0 aliphatic heterocycles. The average molecular weight is 280 g/mol. The van der Waals surface area contributed by atoms with Gasteiger partial charge in [-0.1, -0.05) is 27.7 Å². The highest BCUT2D eigenvalue weighted by Gasteiger charge is 2.20. The quantitative estimate of drug-likeness (QED) is 0.683. The van der Waals surface area contributed by atoms with Crippen molar-refractivity contribution in [3.8, 4) is 0 Å². The molecule has 20 heavy (non-hydrogen) atoms. The van der Waals surface area contributed by atoms with Crippen LogP contribution in [-0.2, 0) is 0 Å². The number of aliphatic hydroxyl groups is 1. The Morgan fingerprint density at radius 1 is 1.20 bits per heavy atom. The second-order valence-electron chi connectivity index (χ2n) is 5.77. The molecule has 0 aliphatic carbocycles. The summed E-state index contributed by atoms with van der Waals surface area (Å²) in [7, 11) is 0. The summed E-state index contributed by atoms with van der Waals surface area (Å²) in [5.74, 6) is 2.00. The molecule has 1 aromatic heterocycles. The van der Waals surface area contributed by atoms with Crippen molar-refractivity contribution in [3.05, 3.63) is 11.9 Å². The van der Waals surface area contributed by atoms with Crippen molar-refractivity contribution in [2.24, 2.45) is 0 Å². The van der Waals surface area contributed by atoms with Gasteiger partial charge in [0.15, 0.2) is 0 Å². The molecule has 0 amide bonds. The van der Waals surface area contributed by atoms with Crippen LogP contribution >= 0.6 is 0 Å². The zero-order valence-corrected chi connectivity index (χ0v) is 13.3. The van der Waals surface area contributed by atoms with Crippen LogP contribution in [-0.4, -0.2) is 33.8 Å². The molecule has 1 aromatic rings. The Balaban J connectivity index is 2.94. The average Bonchev–Trinajstić information content (AvgIpc) is 2.42. The van der Waals surface area contributed by atoms with Gasteiger partial charge in [0.25, 0.3) is 0 Å². The van der Waals surface area contributed by atoms with Gasteiger partial charge in [0.2, 0.25) is 0 Å². The van der Waals surface area contributed by atoms with Crippen LogP contribution in [0, 0.1) is 0 Å². The first-order chi connectivity index (χ1) is 9.41. The number of rotatable bonds is 8. The van der Waals surface area contributed by atoms with Gasteiger partial charge >= 0.3 is 0 Å². The largest absolute Gasteiger partial charge is 0.388 e. The lowest BCUT2D eigenvalue weighted by atomic mass is 10.0. The molecule has 0 bridgehead atoms. The van der Waals surface area contributed by atoms with Gasteiger partial charge in [0, 0.05) is 18.7 Å². The van der Waals surface area contributed by atoms with Crippen molar-refractivity contribution in [2.75, 3.05) is 23.7 Å². The molecule has 5 nitrogen and oxygen atoms in total. The number of anilines is 2. The van der Waals surface area contributed by atoms with Gasteiger partial charge in [-0.05, 0) is 25.7 Å². The molecule has 0 spiro atoms. The van der Waals surface area contributed by atoms with E-state index in [2.05, 4.69) is 41.4 Å². The monoisotopic (exact) mass is 280 g/mol. The Hall–Kier alpha value is -1.36. The fourth-order valence-electron chi connectivity index (χ4n) is 1.87. The van der Waals surface area contributed by atoms with Gasteiger partial charge in [-0.15, -0.1) is 0 Å². The summed E-state index contributed by atoms with van der Waals surface area (Å²) in [4.78, 5) is 8.67. The normalized spacial score (nSPS) is 14.2. The summed E-state index contributed by atoms with van der Waals surface area (Å²) in [6, 6.07) is 0. The van der Waals surface area contributed by atoms with Crippen molar-refractivity contribution in [2.45, 2.75) is 59.0 Å². The number of nitrogens with one attached hydrogen (secondary N) is 2. The molecule has 1 heterocycles. The summed E-state index contributed by atoms with van der Waals surface area (Å²) in [5.41, 5.74) is 0.351. The maximum Gasteiger partial charge on any atom is 0.135 e. The molecular formula is C15H28N4O. The number of hydrogen-bond acceptors (Lipinski definition) is 5. The SMILES string of the molecule is CCCNc1ncnc(NCC(C)(O)CC)c1C(C)C. The van der Waals surface area contributed by atoms with Crippen LogP contribution < -0.4 is 10.6 Å². The van der Waals surface area contributed by atoms with Crippen molar-refractivity contribution < 1.29 is 5.11 Å². The van der Waals surface area contributed by atoms with E-state index in [4.69, 9.17) is 0 Å². The van der Waals surface area contributed by atoms with Crippen molar-refractivity contribution in [1.82, 2.24) is 9.97 Å². The third-order valence-corrected chi connectivity index (χ3v) is 3.40. The lowest BCUT2D eigenvalue weighted by molar-refractivity contribution is 0.0696. The minimum atomic E-state index is -0.726. The van der Waals surface area contributed by atoms with Crippen LogP contribution in [0.3, 0.4) is 0 Å². The van der Waals surface area contributed by atoms with Crippen LogP contribution in [0.2, 0.25) is 0 Å². The zero-order valence-electron chi connectivity index (χ0n) is 13.3. The Labute approximate surface area is 122 Å². The molecule has 114 valence electrons. The second-order valence-corrected chi connectivity index (χ2v) is 5.77. The van der Waals surface area contributed by atoms with E-state index >= 15 is 0 Å². The van der Waals surface area contributed by atoms with Crippen molar-refractivity contribution in [1.29, 1.82) is 0 Å². The number of hydrogen-bond donors (Lipinski definition) is 3. The van der Waals surface area contributed by atoms with Crippen LogP contribution in [0.25, 0.3) is 0 Å². The van der Waals surface area contributed by atoms with E-state index in [1.54, 1.807) is 6.33 Å². The second kappa shape index (κ2) is 7.43. The molecule has 1 rings (SSSR count). The Kier molecular flexibility index (Phi) is 6.20. The van der Waals surface area contributed by atoms with E-state index in [1.165, 1.54) is 0 Å². The Bertz CT molecular complexity index is 418. The summed E-state index contributed by atoms with van der Waals surface area (Å²) in [6.07, 6.45) is 3.31.